The predicted octanol–water partition coefficient (Wildman–Crippen LogP) is 1.31. The van der Waals surface area contributed by atoms with Crippen LogP contribution in [0, 0.1) is 17.1 Å². The normalized spacial score (nSPS) is 17.8. The fraction of sp³-hybridized carbons (Fsp3) is 0.600. The number of benzene rings is 1. The van der Waals surface area contributed by atoms with E-state index in [1.54, 1.807) is 0 Å². The standard InChI is InChI=1S/C20H30BN3O3/c1-20(2,27)23-19(26)17(12-16-6-4-3-5-7-16)13-18(25)14-24-10-8-21(15-22)9-11-24/h3-7,17-18,25,27H,8-14H2,1-2H3,(H,23,26)/t17-,18+/m1/s1. The van der Waals surface area contributed by atoms with E-state index in [1.807, 2.05) is 30.3 Å². The molecular formula is C20H30BN3O3. The summed E-state index contributed by atoms with van der Waals surface area (Å²) in [5, 5.41) is 32.1. The molecule has 2 atom stereocenters. The van der Waals surface area contributed by atoms with Gasteiger partial charge in [-0.2, -0.15) is 0 Å². The SMILES string of the molecule is CC(C)(O)NC(=O)[C@H](Cc1ccccc1)C[C@H](O)CN1CCB(C#N)CC1. The van der Waals surface area contributed by atoms with E-state index in [0.29, 0.717) is 19.4 Å². The van der Waals surface area contributed by atoms with E-state index in [-0.39, 0.29) is 12.6 Å². The highest BCUT2D eigenvalue weighted by Crippen LogP contribution is 2.18. The molecule has 0 spiro atoms. The highest BCUT2D eigenvalue weighted by atomic mass is 16.3. The Kier molecular flexibility index (Phi) is 7.84. The van der Waals surface area contributed by atoms with E-state index in [1.165, 1.54) is 13.8 Å². The molecule has 0 bridgehead atoms. The molecule has 1 aromatic rings. The maximum absolute atomic E-state index is 12.6. The Morgan fingerprint density at radius 3 is 2.52 bits per heavy atom. The first-order valence-electron chi connectivity index (χ1n) is 9.65. The molecule has 0 radical (unpaired) electrons. The van der Waals surface area contributed by atoms with Gasteiger partial charge in [0.2, 0.25) is 5.91 Å². The Labute approximate surface area is 162 Å². The van der Waals surface area contributed by atoms with Crippen molar-refractivity contribution < 1.29 is 15.0 Å². The molecule has 0 aliphatic carbocycles. The zero-order chi connectivity index (χ0) is 19.9. The number of hydrogen-bond acceptors (Lipinski definition) is 5. The van der Waals surface area contributed by atoms with Gasteiger partial charge in [-0.3, -0.25) is 4.79 Å². The lowest BCUT2D eigenvalue weighted by Crippen LogP contribution is -2.47. The molecule has 2 rings (SSSR count). The largest absolute Gasteiger partial charge is 0.392 e. The molecule has 0 saturated carbocycles. The van der Waals surface area contributed by atoms with Crippen LogP contribution in [0.25, 0.3) is 0 Å². The monoisotopic (exact) mass is 371 g/mol. The van der Waals surface area contributed by atoms with Gasteiger partial charge >= 0.3 is 0 Å². The highest BCUT2D eigenvalue weighted by Gasteiger charge is 2.28. The molecule has 1 aliphatic rings. The number of nitrogens with zero attached hydrogens (tertiary/aromatic N) is 2. The van der Waals surface area contributed by atoms with Crippen molar-refractivity contribution in [2.75, 3.05) is 19.6 Å². The lowest BCUT2D eigenvalue weighted by molar-refractivity contribution is -0.132. The number of aliphatic hydroxyl groups is 2. The van der Waals surface area contributed by atoms with Gasteiger partial charge in [0, 0.05) is 18.4 Å². The van der Waals surface area contributed by atoms with E-state index in [0.717, 1.165) is 31.3 Å². The third kappa shape index (κ3) is 7.71. The number of rotatable bonds is 8. The van der Waals surface area contributed by atoms with E-state index in [4.69, 9.17) is 5.26 Å². The summed E-state index contributed by atoms with van der Waals surface area (Å²) in [7, 11) is 0. The first-order valence-corrected chi connectivity index (χ1v) is 9.65. The van der Waals surface area contributed by atoms with E-state index in [9.17, 15) is 15.0 Å². The maximum Gasteiger partial charge on any atom is 0.270 e. The number of carbonyl (C=O) groups excluding carboxylic acids is 1. The van der Waals surface area contributed by atoms with Gasteiger partial charge < -0.3 is 20.4 Å². The van der Waals surface area contributed by atoms with Crippen LogP contribution in [0.2, 0.25) is 12.6 Å². The number of amides is 1. The van der Waals surface area contributed by atoms with Gasteiger partial charge in [-0.05, 0) is 58.0 Å². The van der Waals surface area contributed by atoms with Crippen molar-refractivity contribution in [3.63, 3.8) is 0 Å². The molecule has 27 heavy (non-hydrogen) atoms. The number of β-amino-alcohol motifs (C(OH)–C–C–N with tert-alkyl or cyclic N) is 1. The lowest BCUT2D eigenvalue weighted by atomic mass is 9.45. The fourth-order valence-electron chi connectivity index (χ4n) is 3.53. The molecule has 1 saturated heterocycles. The van der Waals surface area contributed by atoms with Gasteiger partial charge in [0.25, 0.3) is 6.71 Å². The third-order valence-corrected chi connectivity index (χ3v) is 4.92. The summed E-state index contributed by atoms with van der Waals surface area (Å²) in [6, 6.07) is 9.70. The van der Waals surface area contributed by atoms with Gasteiger partial charge in [-0.15, -0.1) is 0 Å². The van der Waals surface area contributed by atoms with Gasteiger partial charge in [0.05, 0.1) is 6.10 Å². The summed E-state index contributed by atoms with van der Waals surface area (Å²) >= 11 is 0. The molecular weight excluding hydrogens is 341 g/mol. The van der Waals surface area contributed by atoms with E-state index >= 15 is 0 Å². The molecule has 146 valence electrons. The van der Waals surface area contributed by atoms with Crippen LogP contribution in [-0.2, 0) is 11.2 Å². The molecule has 0 unspecified atom stereocenters. The molecule has 1 aliphatic heterocycles. The second-order valence-electron chi connectivity index (χ2n) is 8.03. The second-order valence-corrected chi connectivity index (χ2v) is 8.03. The van der Waals surface area contributed by atoms with Gasteiger partial charge in [0.1, 0.15) is 5.72 Å². The topological polar surface area (TPSA) is 96.6 Å². The minimum Gasteiger partial charge on any atom is -0.392 e. The molecule has 6 nitrogen and oxygen atoms in total. The Hall–Kier alpha value is -1.88. The van der Waals surface area contributed by atoms with Gasteiger partial charge in [0.15, 0.2) is 0 Å². The van der Waals surface area contributed by atoms with Crippen molar-refractivity contribution in [2.24, 2.45) is 5.92 Å². The van der Waals surface area contributed by atoms with Crippen molar-refractivity contribution in [1.82, 2.24) is 10.2 Å². The zero-order valence-electron chi connectivity index (χ0n) is 16.3. The van der Waals surface area contributed by atoms with Crippen molar-refractivity contribution in [3.05, 3.63) is 35.9 Å². The first-order chi connectivity index (χ1) is 12.8. The Morgan fingerprint density at radius 1 is 1.33 bits per heavy atom. The summed E-state index contributed by atoms with van der Waals surface area (Å²) in [4.78, 5) is 14.8. The number of nitriles is 1. The minimum atomic E-state index is -1.30. The van der Waals surface area contributed by atoms with Crippen LogP contribution < -0.4 is 5.32 Å². The van der Waals surface area contributed by atoms with Crippen LogP contribution >= 0.6 is 0 Å². The van der Waals surface area contributed by atoms with Crippen LogP contribution in [0.15, 0.2) is 30.3 Å². The Balaban J connectivity index is 1.96. The number of aliphatic hydroxyl groups excluding tert-OH is 1. The molecule has 1 amide bonds. The van der Waals surface area contributed by atoms with Gasteiger partial charge in [-0.1, -0.05) is 30.3 Å². The van der Waals surface area contributed by atoms with E-state index < -0.39 is 17.7 Å². The first kappa shape index (κ1) is 21.4. The summed E-state index contributed by atoms with van der Waals surface area (Å²) in [6.45, 7) is 5.27. The van der Waals surface area contributed by atoms with Crippen LogP contribution in [-0.4, -0.2) is 59.2 Å². The van der Waals surface area contributed by atoms with Gasteiger partial charge in [-0.25, -0.2) is 5.26 Å². The average Bonchev–Trinajstić information content (AvgIpc) is 2.61. The summed E-state index contributed by atoms with van der Waals surface area (Å²) in [5.41, 5.74) is -0.272. The highest BCUT2D eigenvalue weighted by molar-refractivity contribution is 6.67. The third-order valence-electron chi connectivity index (χ3n) is 4.92. The molecule has 1 heterocycles. The molecule has 3 N–H and O–H groups in total. The minimum absolute atomic E-state index is 0.113. The van der Waals surface area contributed by atoms with Crippen LogP contribution in [0.3, 0.4) is 0 Å². The molecule has 1 aromatic carbocycles. The summed E-state index contributed by atoms with van der Waals surface area (Å²) in [5.74, 6) is 1.63. The van der Waals surface area contributed by atoms with Crippen molar-refractivity contribution in [3.8, 4) is 5.97 Å². The van der Waals surface area contributed by atoms with E-state index in [2.05, 4.69) is 16.2 Å². The lowest BCUT2D eigenvalue weighted by Gasteiger charge is -2.31. The molecule has 0 aromatic heterocycles. The summed E-state index contributed by atoms with van der Waals surface area (Å²) < 4.78 is 0. The number of carbonyl (C=O) groups is 1. The van der Waals surface area contributed by atoms with Crippen LogP contribution in [0.1, 0.15) is 25.8 Å². The van der Waals surface area contributed by atoms with Crippen molar-refractivity contribution >= 4 is 12.6 Å². The number of hydrogen-bond donors (Lipinski definition) is 3. The predicted molar refractivity (Wildman–Crippen MR) is 106 cm³/mol. The average molecular weight is 371 g/mol. The Bertz CT molecular complexity index is 634. The Morgan fingerprint density at radius 2 is 1.96 bits per heavy atom. The second kappa shape index (κ2) is 9.89. The van der Waals surface area contributed by atoms with Crippen molar-refractivity contribution in [1.29, 1.82) is 5.26 Å². The van der Waals surface area contributed by atoms with Crippen LogP contribution in [0.5, 0.6) is 0 Å². The smallest absolute Gasteiger partial charge is 0.270 e. The fourth-order valence-corrected chi connectivity index (χ4v) is 3.53. The van der Waals surface area contributed by atoms with Crippen LogP contribution in [0.4, 0.5) is 0 Å². The summed E-state index contributed by atoms with van der Waals surface area (Å²) in [6.07, 6.45) is 1.86. The number of nitrogens with one attached hydrogen (secondary N) is 1. The maximum atomic E-state index is 12.6. The van der Waals surface area contributed by atoms with Crippen molar-refractivity contribution in [2.45, 2.75) is 51.2 Å². The zero-order valence-corrected chi connectivity index (χ0v) is 16.3. The quantitative estimate of drug-likeness (QED) is 0.473. The molecule has 7 heteroatoms. The molecule has 1 fully saturated rings.